The molecular formula is C22H14N2O2S2. The number of hydrogen-bond donors (Lipinski definition) is 0. The highest BCUT2D eigenvalue weighted by atomic mass is 32.1. The highest BCUT2D eigenvalue weighted by Gasteiger charge is 2.17. The van der Waals surface area contributed by atoms with Gasteiger partial charge in [0.15, 0.2) is 0 Å². The topological polar surface area (TPSA) is 56.0 Å². The third kappa shape index (κ3) is 2.96. The zero-order valence-corrected chi connectivity index (χ0v) is 16.5. The molecule has 0 spiro atoms. The lowest BCUT2D eigenvalue weighted by Gasteiger charge is -1.98. The summed E-state index contributed by atoms with van der Waals surface area (Å²) in [6.45, 7) is 1.99. The molecule has 0 saturated carbocycles. The normalized spacial score (nSPS) is 11.2. The molecule has 5 aromatic rings. The van der Waals surface area contributed by atoms with Gasteiger partial charge in [0.05, 0.1) is 21.8 Å². The zero-order chi connectivity index (χ0) is 19.1. The lowest BCUT2D eigenvalue weighted by Crippen LogP contribution is -2.02. The first-order valence-corrected chi connectivity index (χ1v) is 10.4. The minimum Gasteiger partial charge on any atom is -0.422 e. The molecule has 3 aromatic heterocycles. The molecule has 0 radical (unpaired) electrons. The first-order valence-electron chi connectivity index (χ1n) is 8.71. The fourth-order valence-corrected chi connectivity index (χ4v) is 4.97. The zero-order valence-electron chi connectivity index (χ0n) is 14.9. The Kier molecular flexibility index (Phi) is 4.15. The third-order valence-corrected chi connectivity index (χ3v) is 6.53. The lowest BCUT2D eigenvalue weighted by atomic mass is 10.2. The minimum absolute atomic E-state index is 0.370. The maximum Gasteiger partial charge on any atom is 0.346 e. The van der Waals surface area contributed by atoms with Crippen LogP contribution in [0.3, 0.4) is 0 Å². The predicted octanol–water partition coefficient (Wildman–Crippen LogP) is 6.02. The number of fused-ring (bicyclic) bond motifs is 1. The maximum absolute atomic E-state index is 12.4. The highest BCUT2D eigenvalue weighted by Crippen LogP contribution is 2.37. The summed E-state index contributed by atoms with van der Waals surface area (Å²) in [6, 6.07) is 19.4. The Bertz CT molecular complexity index is 1350. The van der Waals surface area contributed by atoms with Crippen LogP contribution < -0.4 is 5.63 Å². The summed E-state index contributed by atoms with van der Waals surface area (Å²) >= 11 is 3.05. The Morgan fingerprint density at radius 3 is 2.57 bits per heavy atom. The number of thiazole rings is 2. The van der Waals surface area contributed by atoms with Gasteiger partial charge in [-0.05, 0) is 19.1 Å². The van der Waals surface area contributed by atoms with Gasteiger partial charge in [-0.1, -0.05) is 48.5 Å². The van der Waals surface area contributed by atoms with E-state index in [1.165, 1.54) is 11.3 Å². The number of aryl methyl sites for hydroxylation is 1. The Hall–Kier alpha value is -3.09. The van der Waals surface area contributed by atoms with Crippen molar-refractivity contribution in [2.75, 3.05) is 0 Å². The van der Waals surface area contributed by atoms with E-state index in [0.29, 0.717) is 16.2 Å². The van der Waals surface area contributed by atoms with Crippen molar-refractivity contribution in [3.8, 4) is 31.7 Å². The molecule has 0 amide bonds. The van der Waals surface area contributed by atoms with E-state index in [1.54, 1.807) is 17.4 Å². The molecule has 0 bridgehead atoms. The molecule has 6 heteroatoms. The van der Waals surface area contributed by atoms with Crippen LogP contribution in [0.2, 0.25) is 0 Å². The van der Waals surface area contributed by atoms with Crippen molar-refractivity contribution in [1.82, 2.24) is 9.97 Å². The maximum atomic E-state index is 12.4. The second-order valence-corrected chi connectivity index (χ2v) is 8.18. The fraction of sp³-hybridized carbons (Fsp3) is 0.0455. The molecule has 0 saturated heterocycles. The Labute approximate surface area is 168 Å². The van der Waals surface area contributed by atoms with Crippen molar-refractivity contribution in [2.24, 2.45) is 0 Å². The SMILES string of the molecule is Cc1nc(-c2ccccc2)sc1-c1csc(-c2cc3ccccc3oc2=O)n1. The van der Waals surface area contributed by atoms with E-state index in [9.17, 15) is 4.79 Å². The standard InChI is InChI=1S/C22H14N2O2S2/c1-13-19(28-20(23-13)14-7-3-2-4-8-14)17-12-27-21(24-17)16-11-15-9-5-6-10-18(15)26-22(16)25/h2-12H,1H3. The Morgan fingerprint density at radius 1 is 0.929 bits per heavy atom. The highest BCUT2D eigenvalue weighted by molar-refractivity contribution is 7.19. The quantitative estimate of drug-likeness (QED) is 0.347. The van der Waals surface area contributed by atoms with Crippen molar-refractivity contribution >= 4 is 33.6 Å². The van der Waals surface area contributed by atoms with Crippen LogP contribution in [0, 0.1) is 6.92 Å². The van der Waals surface area contributed by atoms with Gasteiger partial charge in [0.1, 0.15) is 15.6 Å². The number of benzene rings is 2. The van der Waals surface area contributed by atoms with E-state index in [0.717, 1.165) is 32.2 Å². The molecular weight excluding hydrogens is 388 g/mol. The molecule has 0 fully saturated rings. The van der Waals surface area contributed by atoms with Gasteiger partial charge in [-0.15, -0.1) is 22.7 Å². The smallest absolute Gasteiger partial charge is 0.346 e. The van der Waals surface area contributed by atoms with Gasteiger partial charge in [0, 0.05) is 16.3 Å². The van der Waals surface area contributed by atoms with Gasteiger partial charge in [0.25, 0.3) is 0 Å². The molecule has 0 unspecified atom stereocenters. The van der Waals surface area contributed by atoms with Crippen LogP contribution in [0.15, 0.2) is 75.3 Å². The molecule has 5 rings (SSSR count). The van der Waals surface area contributed by atoms with E-state index < -0.39 is 0 Å². The van der Waals surface area contributed by atoms with Gasteiger partial charge in [-0.3, -0.25) is 0 Å². The summed E-state index contributed by atoms with van der Waals surface area (Å²) in [5.74, 6) is 0. The summed E-state index contributed by atoms with van der Waals surface area (Å²) in [7, 11) is 0. The third-order valence-electron chi connectivity index (χ3n) is 4.43. The van der Waals surface area contributed by atoms with Crippen molar-refractivity contribution in [2.45, 2.75) is 6.92 Å². The largest absolute Gasteiger partial charge is 0.422 e. The number of aromatic nitrogens is 2. The first kappa shape index (κ1) is 17.0. The van der Waals surface area contributed by atoms with Crippen molar-refractivity contribution < 1.29 is 4.42 Å². The molecule has 0 aliphatic carbocycles. The van der Waals surface area contributed by atoms with Gasteiger partial charge in [0.2, 0.25) is 0 Å². The van der Waals surface area contributed by atoms with Gasteiger partial charge in [-0.25, -0.2) is 14.8 Å². The van der Waals surface area contributed by atoms with Crippen LogP contribution in [-0.2, 0) is 0 Å². The fourth-order valence-electron chi connectivity index (χ4n) is 3.05. The molecule has 0 aliphatic heterocycles. The molecule has 28 heavy (non-hydrogen) atoms. The Balaban J connectivity index is 1.57. The second kappa shape index (κ2) is 6.82. The van der Waals surface area contributed by atoms with E-state index in [4.69, 9.17) is 14.4 Å². The first-order chi connectivity index (χ1) is 13.7. The predicted molar refractivity (Wildman–Crippen MR) is 115 cm³/mol. The van der Waals surface area contributed by atoms with Crippen LogP contribution in [-0.4, -0.2) is 9.97 Å². The van der Waals surface area contributed by atoms with Gasteiger partial charge < -0.3 is 4.42 Å². The van der Waals surface area contributed by atoms with E-state index >= 15 is 0 Å². The van der Waals surface area contributed by atoms with Crippen LogP contribution in [0.4, 0.5) is 0 Å². The molecule has 2 aromatic carbocycles. The summed E-state index contributed by atoms with van der Waals surface area (Å²) in [4.78, 5) is 22.9. The van der Waals surface area contributed by atoms with E-state index in [2.05, 4.69) is 12.1 Å². The molecule has 4 nitrogen and oxygen atoms in total. The summed E-state index contributed by atoms with van der Waals surface area (Å²) in [6.07, 6.45) is 0. The van der Waals surface area contributed by atoms with Crippen LogP contribution in [0.1, 0.15) is 5.69 Å². The molecule has 0 aliphatic rings. The van der Waals surface area contributed by atoms with Gasteiger partial charge >= 0.3 is 5.63 Å². The van der Waals surface area contributed by atoms with E-state index in [-0.39, 0.29) is 5.63 Å². The Morgan fingerprint density at radius 2 is 1.71 bits per heavy atom. The summed E-state index contributed by atoms with van der Waals surface area (Å²) < 4.78 is 5.45. The van der Waals surface area contributed by atoms with E-state index in [1.807, 2.05) is 54.8 Å². The van der Waals surface area contributed by atoms with Crippen molar-refractivity contribution in [1.29, 1.82) is 0 Å². The average molecular weight is 403 g/mol. The number of hydrogen-bond acceptors (Lipinski definition) is 6. The number of para-hydroxylation sites is 1. The summed E-state index contributed by atoms with van der Waals surface area (Å²) in [5.41, 5.74) is 3.56. The monoisotopic (exact) mass is 402 g/mol. The molecule has 0 atom stereocenters. The van der Waals surface area contributed by atoms with Crippen LogP contribution in [0.5, 0.6) is 0 Å². The number of rotatable bonds is 3. The number of nitrogens with zero attached hydrogens (tertiary/aromatic N) is 2. The second-order valence-electron chi connectivity index (χ2n) is 6.32. The average Bonchev–Trinajstić information content (AvgIpc) is 3.35. The van der Waals surface area contributed by atoms with Crippen LogP contribution >= 0.6 is 22.7 Å². The summed E-state index contributed by atoms with van der Waals surface area (Å²) in [5, 5.41) is 4.48. The minimum atomic E-state index is -0.370. The molecule has 136 valence electrons. The molecule has 3 heterocycles. The van der Waals surface area contributed by atoms with Crippen LogP contribution in [0.25, 0.3) is 42.7 Å². The van der Waals surface area contributed by atoms with Gasteiger partial charge in [-0.2, -0.15) is 0 Å². The molecule has 0 N–H and O–H groups in total. The lowest BCUT2D eigenvalue weighted by molar-refractivity contribution is 0.563. The van der Waals surface area contributed by atoms with Crippen molar-refractivity contribution in [3.05, 3.63) is 82.2 Å². The van der Waals surface area contributed by atoms with Crippen molar-refractivity contribution in [3.63, 3.8) is 0 Å².